The average Bonchev–Trinajstić information content (AvgIpc) is 3.42. The normalized spacial score (nSPS) is 26.6. The standard InChI is InChI=1S/C36H36FNO9/c37-24-13-10-21(11-14-24)27(40)16-17-29-31(38(36(45)47-29)25-4-2-1-3-5-25)26-15-12-23(18-28(26)41)20-6-8-22(9-7-20)35-34(44)33(43)32(42)30(19-39)46-35/h1-15,18,27,29-35,39-44H,16-17,19H2/t27-,29+,30+,31+,32+,33-,34+,35-/m0/s1. The summed E-state index contributed by atoms with van der Waals surface area (Å²) in [5.41, 5.74) is 3.47. The molecule has 0 aromatic heterocycles. The van der Waals surface area contributed by atoms with E-state index >= 15 is 0 Å². The van der Waals surface area contributed by atoms with Crippen molar-refractivity contribution < 1.29 is 49.3 Å². The van der Waals surface area contributed by atoms with Crippen molar-refractivity contribution in [3.05, 3.63) is 120 Å². The second kappa shape index (κ2) is 13.8. The van der Waals surface area contributed by atoms with Gasteiger partial charge in [-0.1, -0.05) is 66.7 Å². The molecule has 2 aliphatic heterocycles. The summed E-state index contributed by atoms with van der Waals surface area (Å²) in [6, 6.07) is 25.8. The number of benzene rings is 4. The third-order valence-electron chi connectivity index (χ3n) is 8.91. The first kappa shape index (κ1) is 32.6. The molecule has 10 nitrogen and oxygen atoms in total. The smallest absolute Gasteiger partial charge is 0.415 e. The Kier molecular flexibility index (Phi) is 9.55. The van der Waals surface area contributed by atoms with Gasteiger partial charge in [-0.3, -0.25) is 4.90 Å². The van der Waals surface area contributed by atoms with E-state index in [-0.39, 0.29) is 18.6 Å². The number of nitrogens with zero attached hydrogens (tertiary/aromatic N) is 1. The molecule has 0 saturated carbocycles. The van der Waals surface area contributed by atoms with Crippen LogP contribution in [0.25, 0.3) is 11.1 Å². The Labute approximate surface area is 270 Å². The van der Waals surface area contributed by atoms with Crippen LogP contribution in [0.4, 0.5) is 14.9 Å². The Bertz CT molecular complexity index is 1670. The average molecular weight is 646 g/mol. The number of rotatable bonds is 9. The van der Waals surface area contributed by atoms with Crippen LogP contribution in [0.2, 0.25) is 0 Å². The molecule has 2 aliphatic rings. The summed E-state index contributed by atoms with van der Waals surface area (Å²) in [6.45, 7) is -0.528. The van der Waals surface area contributed by atoms with Crippen LogP contribution in [-0.4, -0.2) is 73.9 Å². The summed E-state index contributed by atoms with van der Waals surface area (Å²) in [5, 5.41) is 62.4. The van der Waals surface area contributed by atoms with Gasteiger partial charge in [0, 0.05) is 11.3 Å². The number of ether oxygens (including phenoxy) is 2. The number of hydrogen-bond donors (Lipinski definition) is 6. The molecule has 2 heterocycles. The maximum atomic E-state index is 13.4. The highest BCUT2D eigenvalue weighted by Gasteiger charge is 2.45. The molecule has 11 heteroatoms. The lowest BCUT2D eigenvalue weighted by atomic mass is 9.90. The zero-order valence-electron chi connectivity index (χ0n) is 25.2. The number of carbonyl (C=O) groups excluding carboxylic acids is 1. The molecule has 0 unspecified atom stereocenters. The van der Waals surface area contributed by atoms with Gasteiger partial charge in [0.05, 0.1) is 12.7 Å². The van der Waals surface area contributed by atoms with Crippen molar-refractivity contribution in [3.8, 4) is 16.9 Å². The van der Waals surface area contributed by atoms with Gasteiger partial charge < -0.3 is 40.1 Å². The quantitative estimate of drug-likeness (QED) is 0.156. The lowest BCUT2D eigenvalue weighted by Crippen LogP contribution is -2.55. The van der Waals surface area contributed by atoms with Gasteiger partial charge in [-0.05, 0) is 65.4 Å². The van der Waals surface area contributed by atoms with Crippen molar-refractivity contribution in [2.45, 2.75) is 61.6 Å². The van der Waals surface area contributed by atoms with Gasteiger partial charge in [0.25, 0.3) is 0 Å². The second-order valence-electron chi connectivity index (χ2n) is 11.9. The molecule has 47 heavy (non-hydrogen) atoms. The van der Waals surface area contributed by atoms with Crippen LogP contribution >= 0.6 is 0 Å². The molecule has 1 amide bonds. The van der Waals surface area contributed by atoms with Gasteiger partial charge in [-0.2, -0.15) is 0 Å². The van der Waals surface area contributed by atoms with E-state index in [1.54, 1.807) is 66.7 Å². The summed E-state index contributed by atoms with van der Waals surface area (Å²) < 4.78 is 24.9. The number of phenols is 1. The lowest BCUT2D eigenvalue weighted by Gasteiger charge is -2.40. The molecule has 246 valence electrons. The van der Waals surface area contributed by atoms with E-state index < -0.39 is 67.3 Å². The van der Waals surface area contributed by atoms with E-state index in [9.17, 15) is 39.8 Å². The van der Waals surface area contributed by atoms with E-state index in [0.29, 0.717) is 27.9 Å². The van der Waals surface area contributed by atoms with Crippen molar-refractivity contribution >= 4 is 11.8 Å². The lowest BCUT2D eigenvalue weighted by molar-refractivity contribution is -0.231. The number of cyclic esters (lactones) is 1. The molecule has 0 bridgehead atoms. The second-order valence-corrected chi connectivity index (χ2v) is 11.9. The zero-order valence-corrected chi connectivity index (χ0v) is 25.2. The molecule has 0 radical (unpaired) electrons. The van der Waals surface area contributed by atoms with Crippen LogP contribution in [0.3, 0.4) is 0 Å². The fourth-order valence-electron chi connectivity index (χ4n) is 6.33. The van der Waals surface area contributed by atoms with E-state index in [4.69, 9.17) is 9.47 Å². The third kappa shape index (κ3) is 6.59. The monoisotopic (exact) mass is 645 g/mol. The van der Waals surface area contributed by atoms with Gasteiger partial charge in [-0.15, -0.1) is 0 Å². The Morgan fingerprint density at radius 3 is 2.15 bits per heavy atom. The number of anilines is 1. The fraction of sp³-hybridized carbons (Fsp3) is 0.306. The number of para-hydroxylation sites is 1. The highest BCUT2D eigenvalue weighted by molar-refractivity contribution is 5.91. The Balaban J connectivity index is 1.25. The molecule has 4 aromatic carbocycles. The minimum Gasteiger partial charge on any atom is -0.508 e. The van der Waals surface area contributed by atoms with E-state index in [1.165, 1.54) is 29.2 Å². The van der Waals surface area contributed by atoms with Gasteiger partial charge >= 0.3 is 6.09 Å². The number of aliphatic hydroxyl groups is 5. The van der Waals surface area contributed by atoms with Crippen LogP contribution in [0.5, 0.6) is 5.75 Å². The summed E-state index contributed by atoms with van der Waals surface area (Å²) in [5.74, 6) is -0.485. The van der Waals surface area contributed by atoms with Crippen LogP contribution in [0.1, 0.15) is 47.8 Å². The minimum absolute atomic E-state index is 0.0752. The molecule has 8 atom stereocenters. The number of halogens is 1. The summed E-state index contributed by atoms with van der Waals surface area (Å²) in [7, 11) is 0. The first-order valence-corrected chi connectivity index (χ1v) is 15.4. The molecule has 6 rings (SSSR count). The van der Waals surface area contributed by atoms with Crippen molar-refractivity contribution in [2.75, 3.05) is 11.5 Å². The molecule has 6 N–H and O–H groups in total. The Morgan fingerprint density at radius 2 is 1.49 bits per heavy atom. The molecular weight excluding hydrogens is 609 g/mol. The molecule has 2 fully saturated rings. The first-order chi connectivity index (χ1) is 22.7. The highest BCUT2D eigenvalue weighted by atomic mass is 19.1. The van der Waals surface area contributed by atoms with E-state index in [0.717, 1.165) is 5.56 Å². The van der Waals surface area contributed by atoms with Crippen molar-refractivity contribution in [1.29, 1.82) is 0 Å². The van der Waals surface area contributed by atoms with E-state index in [2.05, 4.69) is 0 Å². The molecule has 0 spiro atoms. The Hall–Kier alpha value is -4.36. The van der Waals surface area contributed by atoms with Gasteiger partial charge in [0.15, 0.2) is 0 Å². The minimum atomic E-state index is -1.49. The van der Waals surface area contributed by atoms with Crippen molar-refractivity contribution in [1.82, 2.24) is 0 Å². The van der Waals surface area contributed by atoms with Crippen LogP contribution in [-0.2, 0) is 9.47 Å². The number of carbonyl (C=O) groups is 1. The van der Waals surface area contributed by atoms with Crippen LogP contribution in [0, 0.1) is 5.82 Å². The maximum Gasteiger partial charge on any atom is 0.415 e. The summed E-state index contributed by atoms with van der Waals surface area (Å²) >= 11 is 0. The predicted octanol–water partition coefficient (Wildman–Crippen LogP) is 4.29. The number of aromatic hydroxyl groups is 1. The molecule has 0 aliphatic carbocycles. The number of phenolic OH excluding ortho intramolecular Hbond substituents is 1. The predicted molar refractivity (Wildman–Crippen MR) is 169 cm³/mol. The topological polar surface area (TPSA) is 160 Å². The molecular formula is C36H36FNO9. The largest absolute Gasteiger partial charge is 0.508 e. The number of hydrogen-bond acceptors (Lipinski definition) is 9. The fourth-order valence-corrected chi connectivity index (χ4v) is 6.33. The molecule has 2 saturated heterocycles. The Morgan fingerprint density at radius 1 is 0.809 bits per heavy atom. The SMILES string of the molecule is O=C1O[C@H](CC[C@H](O)c2ccc(F)cc2)[C@@H](c2ccc(-c3ccc([C@@H]4O[C@H](CO)[C@@H](O)[C@H](O)[C@H]4O)cc3)cc2O)N1c1ccccc1. The van der Waals surface area contributed by atoms with E-state index in [1.807, 2.05) is 6.07 Å². The number of amides is 1. The van der Waals surface area contributed by atoms with Gasteiger partial charge in [0.1, 0.15) is 54.2 Å². The maximum absolute atomic E-state index is 13.4. The molecule has 4 aromatic rings. The van der Waals surface area contributed by atoms with Gasteiger partial charge in [-0.25, -0.2) is 9.18 Å². The summed E-state index contributed by atoms with van der Waals surface area (Å²) in [6.07, 6.45) is -8.09. The van der Waals surface area contributed by atoms with Crippen molar-refractivity contribution in [3.63, 3.8) is 0 Å². The first-order valence-electron chi connectivity index (χ1n) is 15.4. The van der Waals surface area contributed by atoms with Crippen LogP contribution in [0.15, 0.2) is 97.1 Å². The summed E-state index contributed by atoms with van der Waals surface area (Å²) in [4.78, 5) is 14.7. The third-order valence-corrected chi connectivity index (χ3v) is 8.91. The van der Waals surface area contributed by atoms with Crippen molar-refractivity contribution in [2.24, 2.45) is 0 Å². The zero-order chi connectivity index (χ0) is 33.2. The van der Waals surface area contributed by atoms with Gasteiger partial charge in [0.2, 0.25) is 0 Å². The number of aliphatic hydroxyl groups excluding tert-OH is 5. The van der Waals surface area contributed by atoms with Crippen LogP contribution < -0.4 is 4.90 Å². The highest BCUT2D eigenvalue weighted by Crippen LogP contribution is 2.44.